The lowest BCUT2D eigenvalue weighted by molar-refractivity contribution is 0.200. The third-order valence-electron chi connectivity index (χ3n) is 4.31. The highest BCUT2D eigenvalue weighted by Gasteiger charge is 2.32. The minimum atomic E-state index is -3.40. The molecule has 0 atom stereocenters. The van der Waals surface area contributed by atoms with Crippen LogP contribution >= 0.6 is 11.3 Å². The number of hydrogen-bond donors (Lipinski definition) is 1. The van der Waals surface area contributed by atoms with Crippen molar-refractivity contribution in [3.05, 3.63) is 41.8 Å². The fourth-order valence-electron chi connectivity index (χ4n) is 2.86. The molecule has 8 heteroatoms. The van der Waals surface area contributed by atoms with Crippen molar-refractivity contribution >= 4 is 32.2 Å². The summed E-state index contributed by atoms with van der Waals surface area (Å²) in [5.74, 6) is 0.624. The zero-order valence-electron chi connectivity index (χ0n) is 13.8. The predicted octanol–water partition coefficient (Wildman–Crippen LogP) is 3.23. The van der Waals surface area contributed by atoms with Crippen molar-refractivity contribution in [2.24, 2.45) is 0 Å². The van der Waals surface area contributed by atoms with E-state index in [0.29, 0.717) is 36.6 Å². The smallest absolute Gasteiger partial charge is 0.322 e. The molecular weight excluding hydrogens is 360 g/mol. The predicted molar refractivity (Wildman–Crippen MR) is 98.1 cm³/mol. The van der Waals surface area contributed by atoms with Gasteiger partial charge in [-0.05, 0) is 54.6 Å². The summed E-state index contributed by atoms with van der Waals surface area (Å²) >= 11 is 1.46. The lowest BCUT2D eigenvalue weighted by Crippen LogP contribution is -2.44. The van der Waals surface area contributed by atoms with Gasteiger partial charge in [0.1, 0.15) is 5.75 Å². The van der Waals surface area contributed by atoms with Crippen molar-refractivity contribution in [1.82, 2.24) is 4.90 Å². The van der Waals surface area contributed by atoms with Gasteiger partial charge >= 0.3 is 6.03 Å². The number of piperidine rings is 1. The first-order valence-electron chi connectivity index (χ1n) is 7.98. The van der Waals surface area contributed by atoms with Crippen LogP contribution in [0, 0.1) is 0 Å². The Morgan fingerprint density at radius 1 is 1.20 bits per heavy atom. The SMILES string of the molecule is COc1ccc(S(=O)(=O)C2CCN(C(=O)Nc3cccs3)CC2)cc1. The molecule has 2 aromatic rings. The number of sulfone groups is 1. The number of anilines is 1. The van der Waals surface area contributed by atoms with Crippen LogP contribution in [0.5, 0.6) is 5.75 Å². The molecular formula is C17H20N2O4S2. The molecule has 0 unspecified atom stereocenters. The number of ether oxygens (including phenoxy) is 1. The summed E-state index contributed by atoms with van der Waals surface area (Å²) < 4.78 is 30.6. The van der Waals surface area contributed by atoms with Crippen LogP contribution in [0.3, 0.4) is 0 Å². The topological polar surface area (TPSA) is 75.7 Å². The largest absolute Gasteiger partial charge is 0.497 e. The van der Waals surface area contributed by atoms with Crippen molar-refractivity contribution in [1.29, 1.82) is 0 Å². The number of hydrogen-bond acceptors (Lipinski definition) is 5. The van der Waals surface area contributed by atoms with Crippen LogP contribution in [0.4, 0.5) is 9.80 Å². The van der Waals surface area contributed by atoms with Crippen molar-refractivity contribution in [3.63, 3.8) is 0 Å². The summed E-state index contributed by atoms with van der Waals surface area (Å²) in [5, 5.41) is 5.05. The van der Waals surface area contributed by atoms with Crippen molar-refractivity contribution < 1.29 is 17.9 Å². The van der Waals surface area contributed by atoms with Gasteiger partial charge in [-0.15, -0.1) is 11.3 Å². The molecule has 1 aliphatic rings. The van der Waals surface area contributed by atoms with Gasteiger partial charge in [-0.3, -0.25) is 5.32 Å². The molecule has 1 N–H and O–H groups in total. The van der Waals surface area contributed by atoms with E-state index < -0.39 is 15.1 Å². The van der Waals surface area contributed by atoms with Crippen LogP contribution in [-0.4, -0.2) is 44.8 Å². The second kappa shape index (κ2) is 7.45. The lowest BCUT2D eigenvalue weighted by Gasteiger charge is -2.31. The number of amides is 2. The van der Waals surface area contributed by atoms with Crippen LogP contribution in [0.1, 0.15) is 12.8 Å². The summed E-state index contributed by atoms with van der Waals surface area (Å²) in [4.78, 5) is 14.2. The summed E-state index contributed by atoms with van der Waals surface area (Å²) in [6.07, 6.45) is 0.873. The summed E-state index contributed by atoms with van der Waals surface area (Å²) in [5.41, 5.74) is 0. The molecule has 1 aliphatic heterocycles. The van der Waals surface area contributed by atoms with E-state index >= 15 is 0 Å². The fraction of sp³-hybridized carbons (Fsp3) is 0.353. The minimum absolute atomic E-state index is 0.178. The number of nitrogens with one attached hydrogen (secondary N) is 1. The second-order valence-corrected chi connectivity index (χ2v) is 8.99. The molecule has 3 rings (SSSR count). The molecule has 2 heterocycles. The monoisotopic (exact) mass is 380 g/mol. The third-order valence-corrected chi connectivity index (χ3v) is 7.37. The van der Waals surface area contributed by atoms with Crippen molar-refractivity contribution in [2.45, 2.75) is 23.0 Å². The van der Waals surface area contributed by atoms with Gasteiger partial charge in [0.05, 0.1) is 22.3 Å². The first-order chi connectivity index (χ1) is 12.0. The minimum Gasteiger partial charge on any atom is -0.497 e. The number of methoxy groups -OCH3 is 1. The molecule has 6 nitrogen and oxygen atoms in total. The number of nitrogens with zero attached hydrogens (tertiary/aromatic N) is 1. The summed E-state index contributed by atoms with van der Waals surface area (Å²) in [7, 11) is -1.86. The Balaban J connectivity index is 1.61. The number of likely N-dealkylation sites (tertiary alicyclic amines) is 1. The van der Waals surface area contributed by atoms with Gasteiger partial charge in [-0.1, -0.05) is 0 Å². The maximum Gasteiger partial charge on any atom is 0.322 e. The highest BCUT2D eigenvalue weighted by atomic mass is 32.2. The van der Waals surface area contributed by atoms with E-state index in [0.717, 1.165) is 5.00 Å². The maximum atomic E-state index is 12.8. The van der Waals surface area contributed by atoms with Crippen LogP contribution < -0.4 is 10.1 Å². The molecule has 0 radical (unpaired) electrons. The fourth-order valence-corrected chi connectivity index (χ4v) is 5.20. The zero-order chi connectivity index (χ0) is 17.9. The van der Waals surface area contributed by atoms with Crippen LogP contribution in [0.15, 0.2) is 46.7 Å². The molecule has 1 saturated heterocycles. The Bertz CT molecular complexity index is 809. The first kappa shape index (κ1) is 17.8. The van der Waals surface area contributed by atoms with Gasteiger partial charge in [-0.2, -0.15) is 0 Å². The Labute approximate surface area is 151 Å². The summed E-state index contributed by atoms with van der Waals surface area (Å²) in [6.45, 7) is 0.856. The van der Waals surface area contributed by atoms with E-state index in [9.17, 15) is 13.2 Å². The average Bonchev–Trinajstić information content (AvgIpc) is 3.15. The lowest BCUT2D eigenvalue weighted by atomic mass is 10.1. The molecule has 0 aliphatic carbocycles. The van der Waals surface area contributed by atoms with E-state index in [1.165, 1.54) is 11.3 Å². The van der Waals surface area contributed by atoms with Gasteiger partial charge in [-0.25, -0.2) is 13.2 Å². The Morgan fingerprint density at radius 3 is 2.44 bits per heavy atom. The van der Waals surface area contributed by atoms with E-state index in [-0.39, 0.29) is 6.03 Å². The Kier molecular flexibility index (Phi) is 5.29. The quantitative estimate of drug-likeness (QED) is 0.884. The van der Waals surface area contributed by atoms with E-state index in [2.05, 4.69) is 5.32 Å². The first-order valence-corrected chi connectivity index (χ1v) is 10.4. The number of urea groups is 1. The molecule has 1 aromatic carbocycles. The molecule has 134 valence electrons. The highest BCUT2D eigenvalue weighted by molar-refractivity contribution is 7.92. The second-order valence-electron chi connectivity index (χ2n) is 5.81. The zero-order valence-corrected chi connectivity index (χ0v) is 15.5. The van der Waals surface area contributed by atoms with E-state index in [1.807, 2.05) is 17.5 Å². The molecule has 0 bridgehead atoms. The number of carbonyl (C=O) groups excluding carboxylic acids is 1. The van der Waals surface area contributed by atoms with Crippen LogP contribution in [-0.2, 0) is 9.84 Å². The highest BCUT2D eigenvalue weighted by Crippen LogP contribution is 2.26. The number of rotatable bonds is 4. The average molecular weight is 380 g/mol. The summed E-state index contributed by atoms with van der Waals surface area (Å²) in [6, 6.07) is 9.97. The standard InChI is InChI=1S/C17H20N2O4S2/c1-23-13-4-6-14(7-5-13)25(21,22)15-8-10-19(11-9-15)17(20)18-16-3-2-12-24-16/h2-7,12,15H,8-11H2,1H3,(H,18,20). The number of thiophene rings is 1. The molecule has 2 amide bonds. The third kappa shape index (κ3) is 3.96. The van der Waals surface area contributed by atoms with Crippen LogP contribution in [0.2, 0.25) is 0 Å². The number of benzene rings is 1. The Hall–Kier alpha value is -2.06. The molecule has 25 heavy (non-hydrogen) atoms. The normalized spacial score (nSPS) is 15.8. The van der Waals surface area contributed by atoms with Crippen molar-refractivity contribution in [3.8, 4) is 5.75 Å². The van der Waals surface area contributed by atoms with Gasteiger partial charge in [0, 0.05) is 13.1 Å². The maximum absolute atomic E-state index is 12.8. The molecule has 1 aromatic heterocycles. The van der Waals surface area contributed by atoms with Gasteiger partial charge in [0.25, 0.3) is 0 Å². The molecule has 0 saturated carbocycles. The van der Waals surface area contributed by atoms with E-state index in [1.54, 1.807) is 36.3 Å². The van der Waals surface area contributed by atoms with Gasteiger partial charge in [0.2, 0.25) is 0 Å². The molecule has 0 spiro atoms. The van der Waals surface area contributed by atoms with Gasteiger partial charge < -0.3 is 9.64 Å². The molecule has 1 fully saturated rings. The number of carbonyl (C=O) groups is 1. The van der Waals surface area contributed by atoms with Gasteiger partial charge in [0.15, 0.2) is 9.84 Å². The van der Waals surface area contributed by atoms with Crippen molar-refractivity contribution in [2.75, 3.05) is 25.5 Å². The van der Waals surface area contributed by atoms with E-state index in [4.69, 9.17) is 4.74 Å². The van der Waals surface area contributed by atoms with Crippen LogP contribution in [0.25, 0.3) is 0 Å². The Morgan fingerprint density at radius 2 is 1.88 bits per heavy atom.